The van der Waals surface area contributed by atoms with Crippen LogP contribution in [0.15, 0.2) is 12.4 Å². The zero-order chi connectivity index (χ0) is 14.4. The molecular formula is C16H30N4. The SMILES string of the molecule is CC(C)(C)NCCCCCCN1CCn2ccnc2C1. The third-order valence-corrected chi connectivity index (χ3v) is 3.88. The van der Waals surface area contributed by atoms with E-state index in [-0.39, 0.29) is 5.54 Å². The fourth-order valence-corrected chi connectivity index (χ4v) is 2.69. The van der Waals surface area contributed by atoms with Gasteiger partial charge in [0.05, 0.1) is 6.54 Å². The lowest BCUT2D eigenvalue weighted by atomic mass is 10.1. The Balaban J connectivity index is 1.50. The molecule has 0 fully saturated rings. The van der Waals surface area contributed by atoms with E-state index in [4.69, 9.17) is 0 Å². The van der Waals surface area contributed by atoms with Gasteiger partial charge in [0.1, 0.15) is 5.82 Å². The van der Waals surface area contributed by atoms with E-state index in [2.05, 4.69) is 46.7 Å². The molecule has 0 bridgehead atoms. The Morgan fingerprint density at radius 1 is 1.15 bits per heavy atom. The Hall–Kier alpha value is -0.870. The average molecular weight is 278 g/mol. The van der Waals surface area contributed by atoms with Gasteiger partial charge in [0.25, 0.3) is 0 Å². The minimum Gasteiger partial charge on any atom is -0.333 e. The van der Waals surface area contributed by atoms with Gasteiger partial charge in [-0.15, -0.1) is 0 Å². The van der Waals surface area contributed by atoms with Gasteiger partial charge in [0.2, 0.25) is 0 Å². The van der Waals surface area contributed by atoms with Crippen molar-refractivity contribution < 1.29 is 0 Å². The smallest absolute Gasteiger partial charge is 0.122 e. The fraction of sp³-hybridized carbons (Fsp3) is 0.812. The lowest BCUT2D eigenvalue weighted by molar-refractivity contribution is 0.212. The molecule has 2 rings (SSSR count). The topological polar surface area (TPSA) is 33.1 Å². The highest BCUT2D eigenvalue weighted by atomic mass is 15.2. The molecule has 1 aliphatic heterocycles. The molecule has 0 saturated heterocycles. The number of nitrogens with one attached hydrogen (secondary N) is 1. The molecule has 0 unspecified atom stereocenters. The predicted molar refractivity (Wildman–Crippen MR) is 83.7 cm³/mol. The van der Waals surface area contributed by atoms with E-state index in [1.807, 2.05) is 6.20 Å². The van der Waals surface area contributed by atoms with E-state index in [0.717, 1.165) is 19.6 Å². The van der Waals surface area contributed by atoms with Crippen molar-refractivity contribution in [2.75, 3.05) is 19.6 Å². The first kappa shape index (κ1) is 15.5. The van der Waals surface area contributed by atoms with E-state index in [9.17, 15) is 0 Å². The van der Waals surface area contributed by atoms with Gasteiger partial charge in [-0.3, -0.25) is 4.90 Å². The molecule has 0 aromatic carbocycles. The number of aromatic nitrogens is 2. The summed E-state index contributed by atoms with van der Waals surface area (Å²) in [6, 6.07) is 0. The van der Waals surface area contributed by atoms with Crippen molar-refractivity contribution in [2.24, 2.45) is 0 Å². The average Bonchev–Trinajstić information content (AvgIpc) is 2.83. The third-order valence-electron chi connectivity index (χ3n) is 3.88. The number of nitrogens with zero attached hydrogens (tertiary/aromatic N) is 3. The van der Waals surface area contributed by atoms with Crippen LogP contribution in [0.1, 0.15) is 52.3 Å². The summed E-state index contributed by atoms with van der Waals surface area (Å²) < 4.78 is 2.27. The Bertz CT molecular complexity index is 391. The molecule has 114 valence electrons. The van der Waals surface area contributed by atoms with E-state index in [1.54, 1.807) is 0 Å². The van der Waals surface area contributed by atoms with E-state index in [0.29, 0.717) is 0 Å². The van der Waals surface area contributed by atoms with E-state index in [1.165, 1.54) is 44.6 Å². The van der Waals surface area contributed by atoms with Gasteiger partial charge in [0, 0.05) is 31.0 Å². The highest BCUT2D eigenvalue weighted by Crippen LogP contribution is 2.11. The first-order valence-electron chi connectivity index (χ1n) is 8.02. The van der Waals surface area contributed by atoms with Crippen molar-refractivity contribution in [3.8, 4) is 0 Å². The van der Waals surface area contributed by atoms with Crippen LogP contribution in [0.4, 0.5) is 0 Å². The van der Waals surface area contributed by atoms with E-state index >= 15 is 0 Å². The maximum atomic E-state index is 4.41. The summed E-state index contributed by atoms with van der Waals surface area (Å²) in [5.74, 6) is 1.23. The van der Waals surface area contributed by atoms with Crippen LogP contribution in [0, 0.1) is 0 Å². The van der Waals surface area contributed by atoms with Crippen molar-refractivity contribution in [1.82, 2.24) is 19.8 Å². The molecule has 20 heavy (non-hydrogen) atoms. The number of hydrogen-bond acceptors (Lipinski definition) is 3. The quantitative estimate of drug-likeness (QED) is 0.778. The standard InChI is InChI=1S/C16H30N4/c1-16(2,3)18-8-6-4-5-7-10-19-12-13-20-11-9-17-15(20)14-19/h9,11,18H,4-8,10,12-14H2,1-3H3. The largest absolute Gasteiger partial charge is 0.333 e. The van der Waals surface area contributed by atoms with E-state index < -0.39 is 0 Å². The van der Waals surface area contributed by atoms with Gasteiger partial charge in [-0.05, 0) is 46.7 Å². The number of rotatable bonds is 7. The number of imidazole rings is 1. The molecule has 1 aromatic rings. The predicted octanol–water partition coefficient (Wildman–Crippen LogP) is 2.65. The highest BCUT2D eigenvalue weighted by Gasteiger charge is 2.15. The van der Waals surface area contributed by atoms with Gasteiger partial charge in [-0.2, -0.15) is 0 Å². The van der Waals surface area contributed by atoms with Crippen LogP contribution >= 0.6 is 0 Å². The number of unbranched alkanes of at least 4 members (excludes halogenated alkanes) is 3. The summed E-state index contributed by atoms with van der Waals surface area (Å²) in [4.78, 5) is 6.95. The molecule has 0 spiro atoms. The molecule has 1 aliphatic rings. The first-order chi connectivity index (χ1) is 9.54. The Labute approximate surface area is 123 Å². The summed E-state index contributed by atoms with van der Waals surface area (Å²) in [6.07, 6.45) is 9.30. The lowest BCUT2D eigenvalue weighted by Crippen LogP contribution is -2.36. The van der Waals surface area contributed by atoms with Gasteiger partial charge >= 0.3 is 0 Å². The summed E-state index contributed by atoms with van der Waals surface area (Å²) in [5.41, 5.74) is 0.260. The summed E-state index contributed by atoms with van der Waals surface area (Å²) in [7, 11) is 0. The van der Waals surface area contributed by atoms with Crippen LogP contribution in [0.2, 0.25) is 0 Å². The fourth-order valence-electron chi connectivity index (χ4n) is 2.69. The van der Waals surface area contributed by atoms with Crippen molar-refractivity contribution in [2.45, 2.75) is 65.1 Å². The number of fused-ring (bicyclic) bond motifs is 1. The Kier molecular flexibility index (Phi) is 5.61. The molecule has 0 saturated carbocycles. The third kappa shape index (κ3) is 5.25. The van der Waals surface area contributed by atoms with Crippen molar-refractivity contribution in [1.29, 1.82) is 0 Å². The first-order valence-corrected chi connectivity index (χ1v) is 8.02. The Morgan fingerprint density at radius 2 is 1.95 bits per heavy atom. The molecular weight excluding hydrogens is 248 g/mol. The van der Waals surface area contributed by atoms with Crippen LogP contribution in [0.3, 0.4) is 0 Å². The zero-order valence-electron chi connectivity index (χ0n) is 13.4. The molecule has 1 aromatic heterocycles. The minimum atomic E-state index is 0.260. The Morgan fingerprint density at radius 3 is 2.75 bits per heavy atom. The second-order valence-electron chi connectivity index (χ2n) is 6.90. The van der Waals surface area contributed by atoms with Crippen LogP contribution in [-0.4, -0.2) is 39.6 Å². The molecule has 0 radical (unpaired) electrons. The van der Waals surface area contributed by atoms with Crippen LogP contribution in [0.5, 0.6) is 0 Å². The van der Waals surface area contributed by atoms with Crippen LogP contribution < -0.4 is 5.32 Å². The van der Waals surface area contributed by atoms with Crippen molar-refractivity contribution in [3.63, 3.8) is 0 Å². The van der Waals surface area contributed by atoms with Crippen molar-refractivity contribution in [3.05, 3.63) is 18.2 Å². The van der Waals surface area contributed by atoms with Crippen molar-refractivity contribution >= 4 is 0 Å². The minimum absolute atomic E-state index is 0.260. The second kappa shape index (κ2) is 7.23. The summed E-state index contributed by atoms with van der Waals surface area (Å²) in [6.45, 7) is 12.4. The molecule has 4 heteroatoms. The molecule has 0 atom stereocenters. The molecule has 0 amide bonds. The molecule has 0 aliphatic carbocycles. The normalized spacial score (nSPS) is 16.4. The van der Waals surface area contributed by atoms with Crippen LogP contribution in [0.25, 0.3) is 0 Å². The lowest BCUT2D eigenvalue weighted by Gasteiger charge is -2.27. The summed E-state index contributed by atoms with van der Waals surface area (Å²) in [5, 5.41) is 3.55. The van der Waals surface area contributed by atoms with Gasteiger partial charge < -0.3 is 9.88 Å². The maximum Gasteiger partial charge on any atom is 0.122 e. The maximum absolute atomic E-state index is 4.41. The highest BCUT2D eigenvalue weighted by molar-refractivity contribution is 4.95. The number of hydrogen-bond donors (Lipinski definition) is 1. The second-order valence-corrected chi connectivity index (χ2v) is 6.90. The molecule has 2 heterocycles. The molecule has 4 nitrogen and oxygen atoms in total. The monoisotopic (exact) mass is 278 g/mol. The molecule has 1 N–H and O–H groups in total. The zero-order valence-corrected chi connectivity index (χ0v) is 13.4. The summed E-state index contributed by atoms with van der Waals surface area (Å²) >= 11 is 0. The van der Waals surface area contributed by atoms with Gasteiger partial charge in [-0.25, -0.2) is 4.98 Å². The van der Waals surface area contributed by atoms with Gasteiger partial charge in [0.15, 0.2) is 0 Å². The van der Waals surface area contributed by atoms with Gasteiger partial charge in [-0.1, -0.05) is 12.8 Å². The van der Waals surface area contributed by atoms with Crippen LogP contribution in [-0.2, 0) is 13.1 Å².